The van der Waals surface area contributed by atoms with Crippen molar-refractivity contribution in [3.8, 4) is 0 Å². The number of likely N-dealkylation sites (tertiary alicyclic amines) is 1. The molecule has 1 saturated heterocycles. The average molecular weight is 350 g/mol. The quantitative estimate of drug-likeness (QED) is 0.834. The van der Waals surface area contributed by atoms with E-state index >= 15 is 0 Å². The molecule has 6 heteroatoms. The third kappa shape index (κ3) is 3.98. The number of hydrogen-bond donors (Lipinski definition) is 0. The SMILES string of the molecule is Cc1ccc(C(=O)N2CCCC(c3nnc(CC(C)C)s3)C2)s1. The van der Waals surface area contributed by atoms with Gasteiger partial charge in [0, 0.05) is 30.3 Å². The first-order chi connectivity index (χ1) is 11.0. The standard InChI is InChI=1S/C17H23N3OS2/c1-11(2)9-15-18-19-16(23-15)13-5-4-8-20(10-13)17(21)14-7-6-12(3)22-14/h6-7,11,13H,4-5,8-10H2,1-3H3. The number of rotatable bonds is 4. The maximum absolute atomic E-state index is 12.6. The average Bonchev–Trinajstić information content (AvgIpc) is 3.15. The van der Waals surface area contributed by atoms with Gasteiger partial charge in [0.2, 0.25) is 0 Å². The van der Waals surface area contributed by atoms with Crippen molar-refractivity contribution in [3.63, 3.8) is 0 Å². The van der Waals surface area contributed by atoms with E-state index < -0.39 is 0 Å². The molecule has 23 heavy (non-hydrogen) atoms. The second-order valence-electron chi connectivity index (χ2n) is 6.63. The summed E-state index contributed by atoms with van der Waals surface area (Å²) in [5.41, 5.74) is 0. The highest BCUT2D eigenvalue weighted by Gasteiger charge is 2.28. The van der Waals surface area contributed by atoms with Crippen molar-refractivity contribution < 1.29 is 4.79 Å². The van der Waals surface area contributed by atoms with E-state index in [2.05, 4.69) is 24.0 Å². The van der Waals surface area contributed by atoms with E-state index in [0.717, 1.165) is 47.2 Å². The smallest absolute Gasteiger partial charge is 0.263 e. The maximum atomic E-state index is 12.6. The van der Waals surface area contributed by atoms with Crippen molar-refractivity contribution in [2.24, 2.45) is 5.92 Å². The molecule has 0 radical (unpaired) electrons. The van der Waals surface area contributed by atoms with Gasteiger partial charge in [-0.3, -0.25) is 4.79 Å². The Morgan fingerprint density at radius 1 is 1.35 bits per heavy atom. The monoisotopic (exact) mass is 349 g/mol. The van der Waals surface area contributed by atoms with Crippen LogP contribution in [0.1, 0.15) is 57.2 Å². The number of thiophene rings is 1. The number of carbonyl (C=O) groups is 1. The van der Waals surface area contributed by atoms with E-state index in [9.17, 15) is 4.79 Å². The minimum Gasteiger partial charge on any atom is -0.337 e. The topological polar surface area (TPSA) is 46.1 Å². The number of nitrogens with zero attached hydrogens (tertiary/aromatic N) is 3. The normalized spacial score (nSPS) is 18.6. The fraction of sp³-hybridized carbons (Fsp3) is 0.588. The van der Waals surface area contributed by atoms with Crippen molar-refractivity contribution in [3.05, 3.63) is 31.9 Å². The van der Waals surface area contributed by atoms with Crippen molar-refractivity contribution in [1.82, 2.24) is 15.1 Å². The van der Waals surface area contributed by atoms with Gasteiger partial charge in [-0.25, -0.2) is 0 Å². The van der Waals surface area contributed by atoms with Crippen LogP contribution in [0.2, 0.25) is 0 Å². The van der Waals surface area contributed by atoms with Gasteiger partial charge in [0.05, 0.1) is 4.88 Å². The first-order valence-corrected chi connectivity index (χ1v) is 9.84. The minimum atomic E-state index is 0.166. The molecule has 1 aliphatic heterocycles. The van der Waals surface area contributed by atoms with Crippen LogP contribution in [0.4, 0.5) is 0 Å². The van der Waals surface area contributed by atoms with Crippen molar-refractivity contribution in [2.45, 2.75) is 46.0 Å². The molecular formula is C17H23N3OS2. The summed E-state index contributed by atoms with van der Waals surface area (Å²) in [6.45, 7) is 8.06. The Kier molecular flexibility index (Phi) is 5.11. The second-order valence-corrected chi connectivity index (χ2v) is 9.01. The first kappa shape index (κ1) is 16.6. The molecule has 0 saturated carbocycles. The van der Waals surface area contributed by atoms with Crippen molar-refractivity contribution >= 4 is 28.6 Å². The highest BCUT2D eigenvalue weighted by Crippen LogP contribution is 2.31. The molecule has 0 aromatic carbocycles. The lowest BCUT2D eigenvalue weighted by Gasteiger charge is -2.31. The van der Waals surface area contributed by atoms with Crippen LogP contribution in [0.15, 0.2) is 12.1 Å². The van der Waals surface area contributed by atoms with Crippen LogP contribution in [0.25, 0.3) is 0 Å². The molecule has 0 aliphatic carbocycles. The summed E-state index contributed by atoms with van der Waals surface area (Å²) in [6, 6.07) is 3.96. The molecule has 1 unspecified atom stereocenters. The molecule has 4 nitrogen and oxygen atoms in total. The maximum Gasteiger partial charge on any atom is 0.263 e. The van der Waals surface area contributed by atoms with Gasteiger partial charge in [-0.15, -0.1) is 32.9 Å². The number of aryl methyl sites for hydroxylation is 1. The number of hydrogen-bond acceptors (Lipinski definition) is 5. The van der Waals surface area contributed by atoms with Crippen molar-refractivity contribution in [1.29, 1.82) is 0 Å². The second kappa shape index (κ2) is 7.09. The van der Waals surface area contributed by atoms with Gasteiger partial charge >= 0.3 is 0 Å². The van der Waals surface area contributed by atoms with E-state index in [1.807, 2.05) is 24.0 Å². The van der Waals surface area contributed by atoms with Crippen LogP contribution in [0, 0.1) is 12.8 Å². The predicted octanol–water partition coefficient (Wildman–Crippen LogP) is 4.13. The van der Waals surface area contributed by atoms with Crippen LogP contribution < -0.4 is 0 Å². The summed E-state index contributed by atoms with van der Waals surface area (Å²) >= 11 is 3.30. The van der Waals surface area contributed by atoms with E-state index in [1.54, 1.807) is 22.7 Å². The summed E-state index contributed by atoms with van der Waals surface area (Å²) in [5, 5.41) is 10.9. The molecule has 2 aromatic heterocycles. The number of piperidine rings is 1. The molecule has 1 fully saturated rings. The molecule has 2 aromatic rings. The minimum absolute atomic E-state index is 0.166. The summed E-state index contributed by atoms with van der Waals surface area (Å²) in [5.74, 6) is 1.11. The third-order valence-electron chi connectivity index (χ3n) is 4.07. The molecule has 3 rings (SSSR count). The van der Waals surface area contributed by atoms with Gasteiger partial charge in [-0.2, -0.15) is 0 Å². The van der Waals surface area contributed by atoms with Gasteiger partial charge in [-0.1, -0.05) is 13.8 Å². The highest BCUT2D eigenvalue weighted by atomic mass is 32.1. The zero-order valence-corrected chi connectivity index (χ0v) is 15.5. The van der Waals surface area contributed by atoms with E-state index in [1.165, 1.54) is 4.88 Å². The molecule has 0 bridgehead atoms. The van der Waals surface area contributed by atoms with Crippen molar-refractivity contribution in [2.75, 3.05) is 13.1 Å². The summed E-state index contributed by atoms with van der Waals surface area (Å²) in [4.78, 5) is 16.7. The fourth-order valence-corrected chi connectivity index (χ4v) is 4.95. The van der Waals surface area contributed by atoms with Crippen LogP contribution in [-0.2, 0) is 6.42 Å². The molecule has 1 atom stereocenters. The van der Waals surface area contributed by atoms with Crippen LogP contribution in [0.3, 0.4) is 0 Å². The van der Waals surface area contributed by atoms with Gasteiger partial charge in [0.1, 0.15) is 10.0 Å². The van der Waals surface area contributed by atoms with Gasteiger partial charge in [0.15, 0.2) is 0 Å². The Morgan fingerprint density at radius 2 is 2.17 bits per heavy atom. The molecule has 0 N–H and O–H groups in total. The van der Waals surface area contributed by atoms with Crippen LogP contribution >= 0.6 is 22.7 Å². The highest BCUT2D eigenvalue weighted by molar-refractivity contribution is 7.14. The summed E-state index contributed by atoms with van der Waals surface area (Å²) < 4.78 is 0. The van der Waals surface area contributed by atoms with E-state index in [-0.39, 0.29) is 5.91 Å². The summed E-state index contributed by atoms with van der Waals surface area (Å²) in [6.07, 6.45) is 3.13. The Hall–Kier alpha value is -1.27. The van der Waals surface area contributed by atoms with Gasteiger partial charge in [-0.05, 0) is 37.8 Å². The Morgan fingerprint density at radius 3 is 2.87 bits per heavy atom. The largest absolute Gasteiger partial charge is 0.337 e. The van der Waals surface area contributed by atoms with Crippen LogP contribution in [-0.4, -0.2) is 34.1 Å². The number of aromatic nitrogens is 2. The van der Waals surface area contributed by atoms with Crippen LogP contribution in [0.5, 0.6) is 0 Å². The first-order valence-electron chi connectivity index (χ1n) is 8.21. The Balaban J connectivity index is 1.68. The predicted molar refractivity (Wildman–Crippen MR) is 95.4 cm³/mol. The number of carbonyl (C=O) groups excluding carboxylic acids is 1. The van der Waals surface area contributed by atoms with E-state index in [4.69, 9.17) is 0 Å². The fourth-order valence-electron chi connectivity index (χ4n) is 2.93. The molecule has 3 heterocycles. The summed E-state index contributed by atoms with van der Waals surface area (Å²) in [7, 11) is 0. The molecule has 1 aliphatic rings. The molecule has 1 amide bonds. The van der Waals surface area contributed by atoms with E-state index in [0.29, 0.717) is 11.8 Å². The van der Waals surface area contributed by atoms with Gasteiger partial charge < -0.3 is 4.90 Å². The Bertz CT molecular complexity index is 677. The molecule has 0 spiro atoms. The number of amides is 1. The lowest BCUT2D eigenvalue weighted by molar-refractivity contribution is 0.0712. The third-order valence-corrected chi connectivity index (χ3v) is 6.17. The lowest BCUT2D eigenvalue weighted by Crippen LogP contribution is -2.38. The zero-order chi connectivity index (χ0) is 16.4. The Labute approximate surface area is 145 Å². The zero-order valence-electron chi connectivity index (χ0n) is 13.9. The molecule has 124 valence electrons. The van der Waals surface area contributed by atoms with Gasteiger partial charge in [0.25, 0.3) is 5.91 Å². The molecular weight excluding hydrogens is 326 g/mol. The lowest BCUT2D eigenvalue weighted by atomic mass is 9.98.